The number of anilines is 2. The molecule has 0 bridgehead atoms. The Kier molecular flexibility index (Phi) is 7.36. The van der Waals surface area contributed by atoms with Crippen LogP contribution in [0.4, 0.5) is 11.6 Å². The van der Waals surface area contributed by atoms with Gasteiger partial charge in [-0.05, 0) is 18.6 Å². The van der Waals surface area contributed by atoms with Crippen molar-refractivity contribution in [2.24, 2.45) is 0 Å². The molecule has 1 aromatic carbocycles. The van der Waals surface area contributed by atoms with E-state index in [2.05, 4.69) is 20.0 Å². The summed E-state index contributed by atoms with van der Waals surface area (Å²) in [6.45, 7) is 1.67. The van der Waals surface area contributed by atoms with Gasteiger partial charge in [0.05, 0.1) is 22.9 Å². The first-order valence-electron chi connectivity index (χ1n) is 7.48. The van der Waals surface area contributed by atoms with Gasteiger partial charge in [-0.15, -0.1) is 0 Å². The van der Waals surface area contributed by atoms with E-state index in [0.29, 0.717) is 26.8 Å². The average Bonchev–Trinajstić information content (AvgIpc) is 2.54. The first kappa shape index (κ1) is 21.0. The van der Waals surface area contributed by atoms with Crippen molar-refractivity contribution in [3.8, 4) is 0 Å². The number of aliphatic hydroxyl groups excluding tert-OH is 1. The Labute approximate surface area is 166 Å². The van der Waals surface area contributed by atoms with Crippen molar-refractivity contribution in [1.29, 1.82) is 0 Å². The zero-order chi connectivity index (χ0) is 19.3. The number of hydrogen-bond donors (Lipinski definition) is 3. The summed E-state index contributed by atoms with van der Waals surface area (Å²) in [5, 5.41) is 13.4. The predicted octanol–water partition coefficient (Wildman–Crippen LogP) is 3.24. The Bertz CT molecular complexity index is 881. The highest BCUT2D eigenvalue weighted by molar-refractivity contribution is 7.98. The van der Waals surface area contributed by atoms with Gasteiger partial charge in [-0.1, -0.05) is 47.1 Å². The lowest BCUT2D eigenvalue weighted by Gasteiger charge is -2.14. The normalized spacial score (nSPS) is 12.7. The monoisotopic (exact) mass is 436 g/mol. The minimum atomic E-state index is -3.49. The molecule has 1 aromatic heterocycles. The van der Waals surface area contributed by atoms with Crippen molar-refractivity contribution >= 4 is 56.6 Å². The van der Waals surface area contributed by atoms with Crippen LogP contribution in [0.25, 0.3) is 0 Å². The maximum absolute atomic E-state index is 11.5. The largest absolute Gasteiger partial charge is 0.394 e. The third kappa shape index (κ3) is 6.48. The molecule has 0 saturated carbocycles. The molecule has 2 aromatic rings. The van der Waals surface area contributed by atoms with Crippen LogP contribution in [0.2, 0.25) is 10.0 Å². The van der Waals surface area contributed by atoms with Gasteiger partial charge < -0.3 is 10.4 Å². The quantitative estimate of drug-likeness (QED) is 0.430. The number of rotatable bonds is 8. The van der Waals surface area contributed by atoms with E-state index in [-0.39, 0.29) is 18.5 Å². The Morgan fingerprint density at radius 1 is 1.27 bits per heavy atom. The minimum Gasteiger partial charge on any atom is -0.394 e. The molecular weight excluding hydrogens is 419 g/mol. The first-order chi connectivity index (χ1) is 12.2. The summed E-state index contributed by atoms with van der Waals surface area (Å²) in [6.07, 6.45) is 1.04. The molecule has 0 aliphatic heterocycles. The second-order valence-electron chi connectivity index (χ2n) is 5.52. The van der Waals surface area contributed by atoms with E-state index < -0.39 is 10.0 Å². The summed E-state index contributed by atoms with van der Waals surface area (Å²) >= 11 is 13.5. The van der Waals surface area contributed by atoms with E-state index >= 15 is 0 Å². The molecule has 0 spiro atoms. The second kappa shape index (κ2) is 9.09. The van der Waals surface area contributed by atoms with Gasteiger partial charge in [-0.3, -0.25) is 4.72 Å². The highest BCUT2D eigenvalue weighted by atomic mass is 35.5. The smallest absolute Gasteiger partial charge is 0.230 e. The number of halogens is 2. The van der Waals surface area contributed by atoms with E-state index in [9.17, 15) is 13.5 Å². The molecule has 1 heterocycles. The maximum atomic E-state index is 11.5. The fraction of sp³-hybridized carbons (Fsp3) is 0.333. The van der Waals surface area contributed by atoms with E-state index in [0.717, 1.165) is 11.8 Å². The number of sulfonamides is 1. The van der Waals surface area contributed by atoms with Gasteiger partial charge in [-0.2, -0.15) is 0 Å². The third-order valence-corrected chi connectivity index (χ3v) is 5.39. The molecule has 1 atom stereocenters. The fourth-order valence-electron chi connectivity index (χ4n) is 1.91. The molecule has 142 valence electrons. The van der Waals surface area contributed by atoms with Gasteiger partial charge in [0.25, 0.3) is 0 Å². The van der Waals surface area contributed by atoms with Gasteiger partial charge in [-0.25, -0.2) is 18.4 Å². The van der Waals surface area contributed by atoms with Gasteiger partial charge in [0.1, 0.15) is 11.6 Å². The molecule has 0 aliphatic carbocycles. The molecule has 0 fully saturated rings. The number of hydrogen-bond acceptors (Lipinski definition) is 7. The van der Waals surface area contributed by atoms with E-state index in [1.165, 1.54) is 17.8 Å². The Balaban J connectivity index is 2.26. The van der Waals surface area contributed by atoms with Crippen LogP contribution in [0, 0.1) is 0 Å². The molecule has 11 heteroatoms. The summed E-state index contributed by atoms with van der Waals surface area (Å²) in [5.74, 6) is 0.985. The zero-order valence-electron chi connectivity index (χ0n) is 14.0. The lowest BCUT2D eigenvalue weighted by molar-refractivity contribution is 0.281. The van der Waals surface area contributed by atoms with Crippen LogP contribution in [0.5, 0.6) is 0 Å². The Morgan fingerprint density at radius 2 is 1.96 bits per heavy atom. The summed E-state index contributed by atoms with van der Waals surface area (Å²) < 4.78 is 25.3. The third-order valence-electron chi connectivity index (χ3n) is 3.05. The molecule has 0 aliphatic rings. The second-order valence-corrected chi connectivity index (χ2v) is 9.00. The number of benzene rings is 1. The number of thioether (sulfide) groups is 1. The number of aliphatic hydroxyl groups is 1. The number of nitrogens with one attached hydrogen (secondary N) is 2. The van der Waals surface area contributed by atoms with Gasteiger partial charge in [0.15, 0.2) is 5.16 Å². The standard InChI is InChI=1S/C15H18Cl2N4O3S2/c1-9(7-22)18-12-6-13(21-26(2,23)24)20-15(19-12)25-8-10-4-3-5-11(16)14(10)17/h3-6,9,22H,7-8H2,1-2H3,(H2,18,19,20,21)/t9-/m1/s1. The average molecular weight is 437 g/mol. The Hall–Kier alpha value is -1.26. The minimum absolute atomic E-state index is 0.0978. The highest BCUT2D eigenvalue weighted by Gasteiger charge is 2.12. The first-order valence-corrected chi connectivity index (χ1v) is 11.1. The van der Waals surface area contributed by atoms with Crippen LogP contribution >= 0.6 is 35.0 Å². The fourth-order valence-corrected chi connectivity index (χ4v) is 3.71. The van der Waals surface area contributed by atoms with Crippen molar-refractivity contribution in [1.82, 2.24) is 9.97 Å². The topological polar surface area (TPSA) is 104 Å². The zero-order valence-corrected chi connectivity index (χ0v) is 17.2. The maximum Gasteiger partial charge on any atom is 0.230 e. The van der Waals surface area contributed by atoms with Crippen LogP contribution in [-0.2, 0) is 15.8 Å². The van der Waals surface area contributed by atoms with Crippen LogP contribution in [0.15, 0.2) is 29.4 Å². The summed E-state index contributed by atoms with van der Waals surface area (Å²) in [7, 11) is -3.49. The van der Waals surface area contributed by atoms with Crippen LogP contribution in [0.1, 0.15) is 12.5 Å². The lowest BCUT2D eigenvalue weighted by atomic mass is 10.2. The van der Waals surface area contributed by atoms with Crippen molar-refractivity contribution < 1.29 is 13.5 Å². The van der Waals surface area contributed by atoms with Crippen LogP contribution in [-0.4, -0.2) is 42.4 Å². The molecule has 0 amide bonds. The lowest BCUT2D eigenvalue weighted by Crippen LogP contribution is -2.21. The van der Waals surface area contributed by atoms with Crippen molar-refractivity contribution in [3.63, 3.8) is 0 Å². The van der Waals surface area contributed by atoms with E-state index in [4.69, 9.17) is 23.2 Å². The van der Waals surface area contributed by atoms with E-state index in [1.54, 1.807) is 19.1 Å². The molecule has 0 unspecified atom stereocenters. The number of aromatic nitrogens is 2. The molecular formula is C15H18Cl2N4O3S2. The molecule has 26 heavy (non-hydrogen) atoms. The van der Waals surface area contributed by atoms with Crippen molar-refractivity contribution in [2.75, 3.05) is 22.9 Å². The summed E-state index contributed by atoms with van der Waals surface area (Å²) in [5.41, 5.74) is 0.812. The highest BCUT2D eigenvalue weighted by Crippen LogP contribution is 2.31. The van der Waals surface area contributed by atoms with Crippen LogP contribution in [0.3, 0.4) is 0 Å². The molecule has 0 saturated heterocycles. The molecule has 2 rings (SSSR count). The van der Waals surface area contributed by atoms with Crippen molar-refractivity contribution in [2.45, 2.75) is 23.9 Å². The Morgan fingerprint density at radius 3 is 2.62 bits per heavy atom. The molecule has 3 N–H and O–H groups in total. The SMILES string of the molecule is C[C@H](CO)Nc1cc(NS(C)(=O)=O)nc(SCc2cccc(Cl)c2Cl)n1. The van der Waals surface area contributed by atoms with Gasteiger partial charge in [0.2, 0.25) is 10.0 Å². The van der Waals surface area contributed by atoms with E-state index in [1.807, 2.05) is 6.07 Å². The predicted molar refractivity (Wildman–Crippen MR) is 107 cm³/mol. The molecule has 7 nitrogen and oxygen atoms in total. The van der Waals surface area contributed by atoms with Gasteiger partial charge >= 0.3 is 0 Å². The summed E-state index contributed by atoms with van der Waals surface area (Å²) in [6, 6.07) is 6.54. The van der Waals surface area contributed by atoms with Crippen molar-refractivity contribution in [3.05, 3.63) is 39.9 Å². The van der Waals surface area contributed by atoms with Gasteiger partial charge in [0, 0.05) is 17.9 Å². The van der Waals surface area contributed by atoms with Crippen LogP contribution < -0.4 is 10.0 Å². The summed E-state index contributed by atoms with van der Waals surface area (Å²) in [4.78, 5) is 8.54. The molecule has 0 radical (unpaired) electrons. The number of nitrogens with zero attached hydrogens (tertiary/aromatic N) is 2.